The van der Waals surface area contributed by atoms with E-state index < -0.39 is 107 Å². The van der Waals surface area contributed by atoms with Gasteiger partial charge in [0.25, 0.3) is 0 Å². The number of thiol groups is 1. The Morgan fingerprint density at radius 1 is 0.833 bits per heavy atom. The molecule has 7 N–H and O–H groups in total. The van der Waals surface area contributed by atoms with Crippen molar-refractivity contribution in [2.45, 2.75) is 117 Å². The molecule has 1 saturated heterocycles. The van der Waals surface area contributed by atoms with E-state index in [1.54, 1.807) is 48.5 Å². The number of likely N-dealkylation sites (tertiary alicyclic amines) is 1. The third kappa shape index (κ3) is 12.3. The number of rotatable bonds is 17. The minimum atomic E-state index is -1.45. The summed E-state index contributed by atoms with van der Waals surface area (Å²) in [5, 5.41) is 31.2. The van der Waals surface area contributed by atoms with Gasteiger partial charge in [-0.15, -0.1) is 0 Å². The van der Waals surface area contributed by atoms with E-state index in [2.05, 4.69) is 39.2 Å². The van der Waals surface area contributed by atoms with Gasteiger partial charge in [-0.1, -0.05) is 54.9 Å². The second-order valence-electron chi connectivity index (χ2n) is 13.5. The number of amides is 6. The molecule has 6 amide bonds. The van der Waals surface area contributed by atoms with E-state index in [4.69, 9.17) is 0 Å². The van der Waals surface area contributed by atoms with E-state index in [0.29, 0.717) is 19.3 Å². The third-order valence-corrected chi connectivity index (χ3v) is 8.51. The molecule has 48 heavy (non-hydrogen) atoms. The summed E-state index contributed by atoms with van der Waals surface area (Å²) in [4.78, 5) is 103. The predicted octanol–water partition coefficient (Wildman–Crippen LogP) is -0.341. The Bertz CT molecular complexity index is 1210. The number of hydrogen-bond donors (Lipinski definition) is 8. The number of carbonyl (C=O) groups is 8. The number of hydrogen-bond acceptors (Lipinski definition) is 9. The minimum absolute atomic E-state index is 0.146. The number of carboxylic acids is 2. The maximum Gasteiger partial charge on any atom is 0.327 e. The summed E-state index contributed by atoms with van der Waals surface area (Å²) in [5.41, 5.74) is -0.922. The van der Waals surface area contributed by atoms with Crippen molar-refractivity contribution >= 4 is 60.0 Å². The van der Waals surface area contributed by atoms with Crippen molar-refractivity contribution in [3.8, 4) is 0 Å². The van der Waals surface area contributed by atoms with Gasteiger partial charge in [-0.2, -0.15) is 12.6 Å². The van der Waals surface area contributed by atoms with Crippen LogP contribution >= 0.6 is 12.6 Å². The zero-order valence-electron chi connectivity index (χ0n) is 28.9. The first-order valence-electron chi connectivity index (χ1n) is 16.0. The lowest BCUT2D eigenvalue weighted by atomic mass is 9.85. The van der Waals surface area contributed by atoms with E-state index >= 15 is 0 Å². The van der Waals surface area contributed by atoms with Crippen LogP contribution in [0, 0.1) is 17.3 Å². The highest BCUT2D eigenvalue weighted by atomic mass is 32.1. The van der Waals surface area contributed by atoms with E-state index in [9.17, 15) is 48.6 Å². The Labute approximate surface area is 286 Å². The molecule has 0 aromatic heterocycles. The summed E-state index contributed by atoms with van der Waals surface area (Å²) in [5.74, 6) is -7.76. The summed E-state index contributed by atoms with van der Waals surface area (Å²) < 4.78 is 0. The summed E-state index contributed by atoms with van der Waals surface area (Å²) in [6.45, 7) is 13.3. The van der Waals surface area contributed by atoms with Crippen molar-refractivity contribution in [1.82, 2.24) is 31.5 Å². The van der Waals surface area contributed by atoms with Gasteiger partial charge in [-0.3, -0.25) is 33.6 Å². The molecule has 1 rings (SSSR count). The first-order chi connectivity index (χ1) is 22.2. The lowest BCUT2D eigenvalue weighted by Gasteiger charge is -2.35. The van der Waals surface area contributed by atoms with E-state index in [1.807, 2.05) is 0 Å². The van der Waals surface area contributed by atoms with Crippen molar-refractivity contribution < 1.29 is 48.6 Å². The number of carboxylic acid groups (broad SMARTS) is 2. The van der Waals surface area contributed by atoms with Gasteiger partial charge in [0.1, 0.15) is 36.3 Å². The Balaban J connectivity index is 3.26. The summed E-state index contributed by atoms with van der Waals surface area (Å²) in [6.07, 6.45) is 0.512. The van der Waals surface area contributed by atoms with Crippen LogP contribution in [0.25, 0.3) is 0 Å². The van der Waals surface area contributed by atoms with Crippen molar-refractivity contribution in [2.24, 2.45) is 17.3 Å². The van der Waals surface area contributed by atoms with Gasteiger partial charge in [0.15, 0.2) is 0 Å². The average Bonchev–Trinajstić information content (AvgIpc) is 3.47. The molecule has 17 heteroatoms. The van der Waals surface area contributed by atoms with Crippen LogP contribution in [0.3, 0.4) is 0 Å². The van der Waals surface area contributed by atoms with Gasteiger partial charge in [0.2, 0.25) is 35.4 Å². The highest BCUT2D eigenvalue weighted by Gasteiger charge is 2.42. The highest BCUT2D eigenvalue weighted by molar-refractivity contribution is 7.80. The van der Waals surface area contributed by atoms with E-state index in [-0.39, 0.29) is 12.3 Å². The molecule has 272 valence electrons. The predicted molar refractivity (Wildman–Crippen MR) is 178 cm³/mol. The first kappa shape index (κ1) is 42.1. The van der Waals surface area contributed by atoms with Crippen molar-refractivity contribution in [2.75, 3.05) is 12.3 Å². The van der Waals surface area contributed by atoms with Crippen molar-refractivity contribution in [3.05, 3.63) is 0 Å². The molecule has 0 bridgehead atoms. The van der Waals surface area contributed by atoms with Crippen LogP contribution < -0.4 is 26.6 Å². The number of nitrogens with one attached hydrogen (secondary N) is 5. The molecule has 0 saturated carbocycles. The lowest BCUT2D eigenvalue weighted by molar-refractivity contribution is -0.145. The molecule has 16 nitrogen and oxygen atoms in total. The average molecular weight is 701 g/mol. The summed E-state index contributed by atoms with van der Waals surface area (Å²) in [7, 11) is 0. The third-order valence-electron chi connectivity index (χ3n) is 8.15. The fraction of sp³-hybridized carbons (Fsp3) is 0.742. The van der Waals surface area contributed by atoms with E-state index in [0.717, 1.165) is 6.92 Å². The molecule has 7 atom stereocenters. The maximum atomic E-state index is 13.8. The second kappa shape index (κ2) is 18.6. The fourth-order valence-electron chi connectivity index (χ4n) is 5.18. The van der Waals surface area contributed by atoms with Crippen LogP contribution in [0.5, 0.6) is 0 Å². The smallest absolute Gasteiger partial charge is 0.327 e. The first-order valence-corrected chi connectivity index (χ1v) is 16.6. The zero-order chi connectivity index (χ0) is 37.1. The topological polar surface area (TPSA) is 240 Å². The molecule has 0 aliphatic carbocycles. The Morgan fingerprint density at radius 3 is 1.88 bits per heavy atom. The normalized spacial score (nSPS) is 18.4. The molecule has 1 aliphatic heterocycles. The minimum Gasteiger partial charge on any atom is -0.481 e. The quantitative estimate of drug-likeness (QED) is 0.0919. The van der Waals surface area contributed by atoms with Crippen LogP contribution in [0.2, 0.25) is 0 Å². The summed E-state index contributed by atoms with van der Waals surface area (Å²) >= 11 is 3.97. The molecule has 1 aliphatic rings. The van der Waals surface area contributed by atoms with Gasteiger partial charge < -0.3 is 41.7 Å². The molecule has 0 radical (unpaired) electrons. The molecule has 0 aromatic carbocycles. The van der Waals surface area contributed by atoms with Gasteiger partial charge in [-0.25, -0.2) is 4.79 Å². The molecule has 1 unspecified atom stereocenters. The maximum absolute atomic E-state index is 13.8. The van der Waals surface area contributed by atoms with Gasteiger partial charge >= 0.3 is 11.9 Å². The van der Waals surface area contributed by atoms with Crippen molar-refractivity contribution in [1.29, 1.82) is 0 Å². The van der Waals surface area contributed by atoms with Crippen molar-refractivity contribution in [3.63, 3.8) is 0 Å². The molecule has 0 spiro atoms. The van der Waals surface area contributed by atoms with Crippen LogP contribution in [0.4, 0.5) is 0 Å². The van der Waals surface area contributed by atoms with Gasteiger partial charge in [-0.05, 0) is 30.1 Å². The SMILES string of the molecule is CC[C@H](C)[C@H](NC(=O)C(NC(=O)[C@H](CC(=O)O)NC(C)=O)C(C)(C)C)C(=O)N[C@H](C(=O)N1CCC[C@H]1C(=O)N[C@@H](CS)C(=O)O)C(C)C. The zero-order valence-corrected chi connectivity index (χ0v) is 29.8. The second-order valence-corrected chi connectivity index (χ2v) is 13.9. The Morgan fingerprint density at radius 2 is 1.42 bits per heavy atom. The number of aliphatic carboxylic acids is 2. The highest BCUT2D eigenvalue weighted by Crippen LogP contribution is 2.23. The molecule has 0 aromatic rings. The number of nitrogens with zero attached hydrogens (tertiary/aromatic N) is 1. The van der Waals surface area contributed by atoms with Crippen LogP contribution in [0.15, 0.2) is 0 Å². The standard InChI is InChI=1S/C31H52N6O10S/c1-9-16(4)23(35-28(44)24(31(6,7)8)36-25(41)18(13-21(39)40)32-17(5)38)27(43)34-22(15(2)3)29(45)37-12-10-11-20(37)26(42)33-19(14-48)30(46)47/h15-16,18-20,22-24,48H,9-14H2,1-8H3,(H,32,38)(H,33,42)(H,34,43)(H,35,44)(H,36,41)(H,39,40)(H,46,47)/t16-,18-,19-,20-,22-,23-,24?/m0/s1. The van der Waals surface area contributed by atoms with Gasteiger partial charge in [0, 0.05) is 19.2 Å². The fourth-order valence-corrected chi connectivity index (χ4v) is 5.43. The van der Waals surface area contributed by atoms with Crippen LogP contribution in [0.1, 0.15) is 81.1 Å². The molecular formula is C31H52N6O10S. The largest absolute Gasteiger partial charge is 0.481 e. The molecule has 1 heterocycles. The lowest BCUT2D eigenvalue weighted by Crippen LogP contribution is -2.63. The van der Waals surface area contributed by atoms with Crippen LogP contribution in [-0.2, 0) is 38.4 Å². The monoisotopic (exact) mass is 700 g/mol. The van der Waals surface area contributed by atoms with Gasteiger partial charge in [0.05, 0.1) is 6.42 Å². The molecule has 1 fully saturated rings. The Hall–Kier alpha value is -3.89. The number of carbonyl (C=O) groups excluding carboxylic acids is 6. The molecular weight excluding hydrogens is 648 g/mol. The Kier molecular flexibility index (Phi) is 16.3. The summed E-state index contributed by atoms with van der Waals surface area (Å²) in [6, 6.07) is -7.15. The van der Waals surface area contributed by atoms with E-state index in [1.165, 1.54) is 4.90 Å². The van der Waals surface area contributed by atoms with Crippen LogP contribution in [-0.4, -0.2) is 111 Å².